The van der Waals surface area contributed by atoms with Crippen LogP contribution in [0, 0.1) is 0 Å². The van der Waals surface area contributed by atoms with Gasteiger partial charge >= 0.3 is 0 Å². The fourth-order valence-corrected chi connectivity index (χ4v) is 1.71. The Hall–Kier alpha value is -1.13. The maximum absolute atomic E-state index is 5.21. The summed E-state index contributed by atoms with van der Waals surface area (Å²) in [6.07, 6.45) is 4.76. The Kier molecular flexibility index (Phi) is 5.94. The van der Waals surface area contributed by atoms with Gasteiger partial charge < -0.3 is 15.0 Å². The summed E-state index contributed by atoms with van der Waals surface area (Å²) in [6.45, 7) is 4.13. The Balaban J connectivity index is 2.78. The first-order valence-corrected chi connectivity index (χ1v) is 6.04. The van der Waals surface area contributed by atoms with Crippen LogP contribution in [0.25, 0.3) is 0 Å². The average molecular weight is 237 g/mol. The third-order valence-electron chi connectivity index (χ3n) is 2.56. The number of methoxy groups -OCH3 is 1. The molecule has 0 saturated carbocycles. The first-order chi connectivity index (χ1) is 8.17. The molecular formula is C13H23N3O. The molecule has 0 radical (unpaired) electrons. The lowest BCUT2D eigenvalue weighted by Crippen LogP contribution is -2.31. The highest BCUT2D eigenvalue weighted by Crippen LogP contribution is 2.18. The van der Waals surface area contributed by atoms with Crippen molar-refractivity contribution in [3.63, 3.8) is 0 Å². The molecule has 0 aliphatic heterocycles. The second-order valence-electron chi connectivity index (χ2n) is 4.43. The molecule has 1 N–H and O–H groups in total. The van der Waals surface area contributed by atoms with Crippen LogP contribution in [0.15, 0.2) is 18.5 Å². The highest BCUT2D eigenvalue weighted by atomic mass is 16.5. The first kappa shape index (κ1) is 13.9. The van der Waals surface area contributed by atoms with E-state index in [0.717, 1.165) is 25.3 Å². The Morgan fingerprint density at radius 1 is 1.41 bits per heavy atom. The van der Waals surface area contributed by atoms with Gasteiger partial charge in [-0.1, -0.05) is 6.92 Å². The molecule has 4 heteroatoms. The minimum atomic E-state index is 0.299. The van der Waals surface area contributed by atoms with Crippen LogP contribution in [-0.4, -0.2) is 44.2 Å². The van der Waals surface area contributed by atoms with E-state index in [1.807, 2.05) is 12.3 Å². The molecule has 0 spiro atoms. The summed E-state index contributed by atoms with van der Waals surface area (Å²) in [5, 5.41) is 3.53. The van der Waals surface area contributed by atoms with Gasteiger partial charge in [0, 0.05) is 18.8 Å². The van der Waals surface area contributed by atoms with Crippen molar-refractivity contribution in [2.75, 3.05) is 34.3 Å². The zero-order valence-corrected chi connectivity index (χ0v) is 11.2. The molecule has 0 fully saturated rings. The molecule has 0 saturated heterocycles. The van der Waals surface area contributed by atoms with E-state index >= 15 is 0 Å². The molecule has 4 nitrogen and oxygen atoms in total. The smallest absolute Gasteiger partial charge is 0.137 e. The zero-order valence-electron chi connectivity index (χ0n) is 11.2. The van der Waals surface area contributed by atoms with Crippen LogP contribution in [0.2, 0.25) is 0 Å². The monoisotopic (exact) mass is 237 g/mol. The van der Waals surface area contributed by atoms with Crippen LogP contribution < -0.4 is 10.1 Å². The summed E-state index contributed by atoms with van der Waals surface area (Å²) < 4.78 is 5.21. The summed E-state index contributed by atoms with van der Waals surface area (Å²) in [6, 6.07) is 2.34. The number of aromatic nitrogens is 1. The van der Waals surface area contributed by atoms with E-state index in [1.165, 1.54) is 5.56 Å². The highest BCUT2D eigenvalue weighted by Gasteiger charge is 2.12. The maximum Gasteiger partial charge on any atom is 0.137 e. The molecule has 17 heavy (non-hydrogen) atoms. The normalized spacial score (nSPS) is 12.8. The van der Waals surface area contributed by atoms with Crippen molar-refractivity contribution in [1.82, 2.24) is 15.2 Å². The summed E-state index contributed by atoms with van der Waals surface area (Å²) in [4.78, 5) is 6.38. The molecule has 0 aliphatic rings. The van der Waals surface area contributed by atoms with Gasteiger partial charge in [-0.15, -0.1) is 0 Å². The number of likely N-dealkylation sites (N-methyl/N-ethyl adjacent to an activating group) is 1. The molecule has 1 unspecified atom stereocenters. The number of nitrogens with zero attached hydrogens (tertiary/aromatic N) is 2. The molecule has 1 rings (SSSR count). The summed E-state index contributed by atoms with van der Waals surface area (Å²) >= 11 is 0. The van der Waals surface area contributed by atoms with E-state index in [-0.39, 0.29) is 0 Å². The Bertz CT molecular complexity index is 328. The van der Waals surface area contributed by atoms with E-state index in [9.17, 15) is 0 Å². The van der Waals surface area contributed by atoms with E-state index in [0.29, 0.717) is 6.04 Å². The molecule has 0 bridgehead atoms. The van der Waals surface area contributed by atoms with Gasteiger partial charge in [-0.3, -0.25) is 4.98 Å². The van der Waals surface area contributed by atoms with Gasteiger partial charge in [-0.25, -0.2) is 0 Å². The molecule has 0 amide bonds. The third-order valence-corrected chi connectivity index (χ3v) is 2.56. The topological polar surface area (TPSA) is 37.4 Å². The Morgan fingerprint density at radius 3 is 2.76 bits per heavy atom. The van der Waals surface area contributed by atoms with Gasteiger partial charge in [0.05, 0.1) is 13.3 Å². The number of hydrogen-bond acceptors (Lipinski definition) is 4. The van der Waals surface area contributed by atoms with Gasteiger partial charge in [0.1, 0.15) is 5.75 Å². The van der Waals surface area contributed by atoms with Crippen molar-refractivity contribution in [2.24, 2.45) is 0 Å². The SMILES string of the molecule is CCCNC(CN(C)C)c1cncc(OC)c1. The molecule has 1 aromatic rings. The van der Waals surface area contributed by atoms with Crippen molar-refractivity contribution in [3.05, 3.63) is 24.0 Å². The Morgan fingerprint density at radius 2 is 2.18 bits per heavy atom. The van der Waals surface area contributed by atoms with E-state index in [2.05, 4.69) is 36.2 Å². The largest absolute Gasteiger partial charge is 0.495 e. The standard InChI is InChI=1S/C13H23N3O/c1-5-6-15-13(10-16(2)3)11-7-12(17-4)9-14-8-11/h7-9,13,15H,5-6,10H2,1-4H3. The fourth-order valence-electron chi connectivity index (χ4n) is 1.71. The van der Waals surface area contributed by atoms with Gasteiger partial charge in [0.2, 0.25) is 0 Å². The average Bonchev–Trinajstić information content (AvgIpc) is 2.34. The van der Waals surface area contributed by atoms with E-state index in [4.69, 9.17) is 4.74 Å². The fraction of sp³-hybridized carbons (Fsp3) is 0.615. The molecular weight excluding hydrogens is 214 g/mol. The maximum atomic E-state index is 5.21. The lowest BCUT2D eigenvalue weighted by molar-refractivity contribution is 0.340. The number of pyridine rings is 1. The zero-order chi connectivity index (χ0) is 12.7. The lowest BCUT2D eigenvalue weighted by atomic mass is 10.1. The molecule has 0 aromatic carbocycles. The summed E-state index contributed by atoms with van der Waals surface area (Å²) in [5.41, 5.74) is 1.17. The van der Waals surface area contributed by atoms with E-state index in [1.54, 1.807) is 13.3 Å². The number of nitrogens with one attached hydrogen (secondary N) is 1. The van der Waals surface area contributed by atoms with Crippen LogP contribution in [0.4, 0.5) is 0 Å². The number of ether oxygens (including phenoxy) is 1. The van der Waals surface area contributed by atoms with Crippen molar-refractivity contribution < 1.29 is 4.74 Å². The third kappa shape index (κ3) is 4.71. The predicted octanol–water partition coefficient (Wildman–Crippen LogP) is 1.69. The second kappa shape index (κ2) is 7.25. The molecule has 96 valence electrons. The minimum Gasteiger partial charge on any atom is -0.495 e. The summed E-state index contributed by atoms with van der Waals surface area (Å²) in [5.74, 6) is 0.810. The molecule has 0 aliphatic carbocycles. The second-order valence-corrected chi connectivity index (χ2v) is 4.43. The van der Waals surface area contributed by atoms with Crippen LogP contribution in [0.1, 0.15) is 24.9 Å². The van der Waals surface area contributed by atoms with Crippen molar-refractivity contribution in [1.29, 1.82) is 0 Å². The van der Waals surface area contributed by atoms with Gasteiger partial charge in [0.25, 0.3) is 0 Å². The van der Waals surface area contributed by atoms with Gasteiger partial charge in [-0.2, -0.15) is 0 Å². The van der Waals surface area contributed by atoms with Gasteiger partial charge in [-0.05, 0) is 38.7 Å². The van der Waals surface area contributed by atoms with E-state index < -0.39 is 0 Å². The van der Waals surface area contributed by atoms with Gasteiger partial charge in [0.15, 0.2) is 0 Å². The lowest BCUT2D eigenvalue weighted by Gasteiger charge is -2.22. The van der Waals surface area contributed by atoms with Crippen LogP contribution in [0.3, 0.4) is 0 Å². The minimum absolute atomic E-state index is 0.299. The molecule has 1 aromatic heterocycles. The van der Waals surface area contributed by atoms with Crippen molar-refractivity contribution >= 4 is 0 Å². The highest BCUT2D eigenvalue weighted by molar-refractivity contribution is 5.26. The van der Waals surface area contributed by atoms with Crippen LogP contribution in [-0.2, 0) is 0 Å². The number of hydrogen-bond donors (Lipinski definition) is 1. The number of rotatable bonds is 7. The molecule has 1 heterocycles. The Labute approximate surface area is 104 Å². The predicted molar refractivity (Wildman–Crippen MR) is 70.4 cm³/mol. The van der Waals surface area contributed by atoms with Crippen molar-refractivity contribution in [2.45, 2.75) is 19.4 Å². The summed E-state index contributed by atoms with van der Waals surface area (Å²) in [7, 11) is 5.82. The van der Waals surface area contributed by atoms with Crippen molar-refractivity contribution in [3.8, 4) is 5.75 Å². The molecule has 1 atom stereocenters. The van der Waals surface area contributed by atoms with Crippen LogP contribution in [0.5, 0.6) is 5.75 Å². The first-order valence-electron chi connectivity index (χ1n) is 6.04. The van der Waals surface area contributed by atoms with Crippen LogP contribution >= 0.6 is 0 Å². The quantitative estimate of drug-likeness (QED) is 0.783.